The van der Waals surface area contributed by atoms with Crippen LogP contribution < -0.4 is 10.1 Å². The summed E-state index contributed by atoms with van der Waals surface area (Å²) in [6, 6.07) is 23.8. The highest BCUT2D eigenvalue weighted by Gasteiger charge is 2.33. The second-order valence-electron chi connectivity index (χ2n) is 8.11. The minimum Gasteiger partial charge on any atom is -0.405 e. The van der Waals surface area contributed by atoms with Gasteiger partial charge in [0.1, 0.15) is 28.7 Å². The number of ether oxygens (including phenoxy) is 1. The fraction of sp³-hybridized carbons (Fsp3) is 0.111. The van der Waals surface area contributed by atoms with Gasteiger partial charge in [-0.3, -0.25) is 4.79 Å². The van der Waals surface area contributed by atoms with Crippen LogP contribution in [-0.2, 0) is 13.0 Å². The van der Waals surface area contributed by atoms with Crippen molar-refractivity contribution in [1.29, 1.82) is 5.26 Å². The van der Waals surface area contributed by atoms with Crippen molar-refractivity contribution in [3.05, 3.63) is 95.6 Å². The van der Waals surface area contributed by atoms with Gasteiger partial charge in [-0.2, -0.15) is 5.26 Å². The maximum Gasteiger partial charge on any atom is 0.573 e. The molecule has 7 nitrogen and oxygen atoms in total. The summed E-state index contributed by atoms with van der Waals surface area (Å²) in [6.45, 7) is 0.325. The van der Waals surface area contributed by atoms with Gasteiger partial charge < -0.3 is 14.6 Å². The number of hydrogen-bond acceptors (Lipinski definition) is 5. The van der Waals surface area contributed by atoms with Gasteiger partial charge >= 0.3 is 6.36 Å². The van der Waals surface area contributed by atoms with Crippen molar-refractivity contribution in [2.45, 2.75) is 19.3 Å². The third-order valence-corrected chi connectivity index (χ3v) is 5.72. The predicted octanol–water partition coefficient (Wildman–Crippen LogP) is 5.85. The molecular formula is C27H18F3N5O2. The number of aromatic nitrogens is 3. The predicted molar refractivity (Wildman–Crippen MR) is 131 cm³/mol. The van der Waals surface area contributed by atoms with Gasteiger partial charge in [0.25, 0.3) is 5.91 Å². The van der Waals surface area contributed by atoms with Crippen LogP contribution in [0.4, 0.5) is 19.0 Å². The van der Waals surface area contributed by atoms with Crippen LogP contribution in [0.5, 0.6) is 5.75 Å². The summed E-state index contributed by atoms with van der Waals surface area (Å²) in [7, 11) is 0. The first-order valence-corrected chi connectivity index (χ1v) is 11.2. The molecule has 1 amide bonds. The second kappa shape index (κ2) is 9.62. The van der Waals surface area contributed by atoms with Crippen molar-refractivity contribution in [2.24, 2.45) is 0 Å². The van der Waals surface area contributed by atoms with Crippen LogP contribution in [0.2, 0.25) is 0 Å². The van der Waals surface area contributed by atoms with Crippen LogP contribution >= 0.6 is 0 Å². The molecule has 1 N–H and O–H groups in total. The Kier molecular flexibility index (Phi) is 6.19. The van der Waals surface area contributed by atoms with E-state index in [2.05, 4.69) is 26.1 Å². The zero-order valence-corrected chi connectivity index (χ0v) is 19.2. The third-order valence-electron chi connectivity index (χ3n) is 5.72. The fourth-order valence-corrected chi connectivity index (χ4v) is 4.08. The zero-order chi connectivity index (χ0) is 26.0. The van der Waals surface area contributed by atoms with Crippen LogP contribution in [-0.4, -0.2) is 26.8 Å². The number of nitrogens with one attached hydrogen (secondary N) is 1. The van der Waals surface area contributed by atoms with Crippen molar-refractivity contribution in [3.8, 4) is 11.8 Å². The van der Waals surface area contributed by atoms with Gasteiger partial charge in [0.2, 0.25) is 0 Å². The first-order chi connectivity index (χ1) is 17.8. The van der Waals surface area contributed by atoms with E-state index in [9.17, 15) is 23.2 Å². The van der Waals surface area contributed by atoms with E-state index in [4.69, 9.17) is 0 Å². The molecule has 184 valence electrons. The Morgan fingerprint density at radius 2 is 1.59 bits per heavy atom. The zero-order valence-electron chi connectivity index (χ0n) is 19.2. The van der Waals surface area contributed by atoms with E-state index in [0.29, 0.717) is 29.6 Å². The van der Waals surface area contributed by atoms with Crippen LogP contribution in [0.1, 0.15) is 21.5 Å². The highest BCUT2D eigenvalue weighted by Crippen LogP contribution is 2.32. The molecule has 0 aliphatic heterocycles. The summed E-state index contributed by atoms with van der Waals surface area (Å²) in [5.41, 5.74) is 2.55. The molecule has 0 unspecified atom stereocenters. The van der Waals surface area contributed by atoms with Crippen molar-refractivity contribution < 1.29 is 22.7 Å². The van der Waals surface area contributed by atoms with Gasteiger partial charge in [0, 0.05) is 6.54 Å². The van der Waals surface area contributed by atoms with Gasteiger partial charge in [-0.25, -0.2) is 9.97 Å². The van der Waals surface area contributed by atoms with Gasteiger partial charge in [-0.15, -0.1) is 13.2 Å². The Balaban J connectivity index is 1.62. The number of amides is 1. The number of nitriles is 1. The third kappa shape index (κ3) is 4.92. The summed E-state index contributed by atoms with van der Waals surface area (Å²) in [6.07, 6.45) is -4.44. The molecule has 5 aromatic rings. The van der Waals surface area contributed by atoms with Crippen molar-refractivity contribution >= 4 is 33.9 Å². The first-order valence-electron chi connectivity index (χ1n) is 11.2. The Bertz CT molecular complexity index is 1660. The minimum absolute atomic E-state index is 0.0592. The molecule has 10 heteroatoms. The second-order valence-corrected chi connectivity index (χ2v) is 8.11. The molecule has 3 aromatic carbocycles. The van der Waals surface area contributed by atoms with Gasteiger partial charge in [-0.1, -0.05) is 54.6 Å². The van der Waals surface area contributed by atoms with E-state index in [0.717, 1.165) is 11.6 Å². The molecule has 5 rings (SSSR count). The van der Waals surface area contributed by atoms with Crippen molar-refractivity contribution in [1.82, 2.24) is 14.5 Å². The molecule has 0 saturated carbocycles. The number of anilines is 1. The number of rotatable bonds is 6. The molecule has 2 aromatic heterocycles. The van der Waals surface area contributed by atoms with Crippen LogP contribution in [0.15, 0.2) is 78.9 Å². The number of carbonyl (C=O) groups is 1. The molecule has 0 fully saturated rings. The molecule has 0 spiro atoms. The molecular weight excluding hydrogens is 483 g/mol. The monoisotopic (exact) mass is 501 g/mol. The van der Waals surface area contributed by atoms with Gasteiger partial charge in [0.15, 0.2) is 5.65 Å². The standard InChI is InChI=1S/C27H18F3N5O2/c28-27(29,30)37-22-13-7-4-10-18(22)26(36)34-24-19(16-31)23-25(33-21-12-6-5-11-20(21)32-23)35(24)15-14-17-8-2-1-3-9-17/h1-13H,14-15H2,(H,34,36). The number of halogens is 3. The summed E-state index contributed by atoms with van der Waals surface area (Å²) < 4.78 is 44.4. The number of hydrogen-bond donors (Lipinski definition) is 1. The largest absolute Gasteiger partial charge is 0.573 e. The first kappa shape index (κ1) is 23.8. The molecule has 0 radical (unpaired) electrons. The Morgan fingerprint density at radius 1 is 0.946 bits per heavy atom. The Morgan fingerprint density at radius 3 is 2.30 bits per heavy atom. The van der Waals surface area contributed by atoms with E-state index in [-0.39, 0.29) is 22.5 Å². The molecule has 0 saturated heterocycles. The van der Waals surface area contributed by atoms with E-state index in [1.165, 1.54) is 18.2 Å². The highest BCUT2D eigenvalue weighted by molar-refractivity contribution is 6.08. The molecule has 0 bridgehead atoms. The number of fused-ring (bicyclic) bond motifs is 2. The smallest absolute Gasteiger partial charge is 0.405 e. The Hall–Kier alpha value is -4.91. The Labute approximate surface area is 208 Å². The summed E-state index contributed by atoms with van der Waals surface area (Å²) >= 11 is 0. The summed E-state index contributed by atoms with van der Waals surface area (Å²) in [4.78, 5) is 22.5. The number of alkyl halides is 3. The number of aryl methyl sites for hydroxylation is 2. The lowest BCUT2D eigenvalue weighted by atomic mass is 10.1. The molecule has 0 aliphatic rings. The minimum atomic E-state index is -4.98. The quantitative estimate of drug-likeness (QED) is 0.315. The summed E-state index contributed by atoms with van der Waals surface area (Å²) in [5.74, 6) is -1.43. The lowest BCUT2D eigenvalue weighted by Crippen LogP contribution is -2.22. The normalized spacial score (nSPS) is 11.4. The maximum absolute atomic E-state index is 13.2. The van der Waals surface area contributed by atoms with Gasteiger partial charge in [0.05, 0.1) is 16.6 Å². The van der Waals surface area contributed by atoms with Crippen molar-refractivity contribution in [2.75, 3.05) is 5.32 Å². The topological polar surface area (TPSA) is 92.8 Å². The highest BCUT2D eigenvalue weighted by atomic mass is 19.4. The molecule has 0 aliphatic carbocycles. The molecule has 2 heterocycles. The average Bonchev–Trinajstić information content (AvgIpc) is 3.16. The van der Waals surface area contributed by atoms with E-state index < -0.39 is 18.0 Å². The number of benzene rings is 3. The fourth-order valence-electron chi connectivity index (χ4n) is 4.08. The van der Waals surface area contributed by atoms with E-state index in [1.54, 1.807) is 22.8 Å². The maximum atomic E-state index is 13.2. The summed E-state index contributed by atoms with van der Waals surface area (Å²) in [5, 5.41) is 12.6. The van der Waals surface area contributed by atoms with Crippen molar-refractivity contribution in [3.63, 3.8) is 0 Å². The average molecular weight is 501 g/mol. The molecule has 0 atom stereocenters. The van der Waals surface area contributed by atoms with Crippen LogP contribution in [0, 0.1) is 11.3 Å². The number of nitrogens with zero attached hydrogens (tertiary/aromatic N) is 4. The SMILES string of the molecule is N#Cc1c(NC(=O)c2ccccc2OC(F)(F)F)n(CCc2ccccc2)c2nc3ccccc3nc12. The van der Waals surface area contributed by atoms with E-state index in [1.807, 2.05) is 36.4 Å². The van der Waals surface area contributed by atoms with Gasteiger partial charge in [-0.05, 0) is 36.2 Å². The van der Waals surface area contributed by atoms with Crippen LogP contribution in [0.25, 0.3) is 22.2 Å². The number of carbonyl (C=O) groups excluding carboxylic acids is 1. The number of para-hydroxylation sites is 3. The van der Waals surface area contributed by atoms with Crippen LogP contribution in [0.3, 0.4) is 0 Å². The van der Waals surface area contributed by atoms with E-state index >= 15 is 0 Å². The molecule has 37 heavy (non-hydrogen) atoms. The lowest BCUT2D eigenvalue weighted by molar-refractivity contribution is -0.274. The lowest BCUT2D eigenvalue weighted by Gasteiger charge is -2.15.